The fourth-order valence-corrected chi connectivity index (χ4v) is 3.32. The molecule has 0 aliphatic carbocycles. The number of pyridine rings is 1. The number of hydrogen-bond acceptors (Lipinski definition) is 5. The van der Waals surface area contributed by atoms with Crippen LogP contribution in [0.15, 0.2) is 40.9 Å². The van der Waals surface area contributed by atoms with Crippen LogP contribution in [0.3, 0.4) is 0 Å². The van der Waals surface area contributed by atoms with Crippen molar-refractivity contribution < 1.29 is 22.4 Å². The third-order valence-electron chi connectivity index (χ3n) is 4.68. The van der Waals surface area contributed by atoms with Gasteiger partial charge in [-0.15, -0.1) is 0 Å². The van der Waals surface area contributed by atoms with E-state index in [1.165, 1.54) is 30.2 Å². The molecule has 1 amide bonds. The molecule has 0 spiro atoms. The molecule has 11 heteroatoms. The number of fused-ring (bicyclic) bond motifs is 1. The summed E-state index contributed by atoms with van der Waals surface area (Å²) in [6.45, 7) is 3.11. The third kappa shape index (κ3) is 3.74. The first-order chi connectivity index (χ1) is 14.6. The Balaban J connectivity index is 1.68. The van der Waals surface area contributed by atoms with Gasteiger partial charge in [-0.25, -0.2) is 9.67 Å². The highest BCUT2D eigenvalue weighted by atomic mass is 35.5. The Hall–Kier alpha value is -3.40. The van der Waals surface area contributed by atoms with E-state index >= 15 is 0 Å². The molecule has 3 aromatic heterocycles. The minimum Gasteiger partial charge on any atom is -0.439 e. The average Bonchev–Trinajstić information content (AvgIpc) is 3.25. The van der Waals surface area contributed by atoms with E-state index in [2.05, 4.69) is 15.1 Å². The summed E-state index contributed by atoms with van der Waals surface area (Å²) in [6.07, 6.45) is -3.20. The number of aryl methyl sites for hydroxylation is 1. The molecule has 0 saturated carbocycles. The van der Waals surface area contributed by atoms with Crippen LogP contribution in [0, 0.1) is 13.8 Å². The van der Waals surface area contributed by atoms with Crippen LogP contribution in [0.5, 0.6) is 0 Å². The molecule has 0 bridgehead atoms. The summed E-state index contributed by atoms with van der Waals surface area (Å²) in [5, 5.41) is 3.11. The van der Waals surface area contributed by atoms with Crippen LogP contribution in [0.2, 0.25) is 5.02 Å². The van der Waals surface area contributed by atoms with E-state index in [1.54, 1.807) is 32.2 Å². The van der Waals surface area contributed by atoms with Gasteiger partial charge in [0, 0.05) is 25.6 Å². The van der Waals surface area contributed by atoms with Crippen LogP contribution >= 0.6 is 11.6 Å². The zero-order chi connectivity index (χ0) is 22.5. The normalized spacial score (nSPS) is 11.8. The van der Waals surface area contributed by atoms with Gasteiger partial charge in [-0.3, -0.25) is 4.79 Å². The maximum absolute atomic E-state index is 13.1. The van der Waals surface area contributed by atoms with Crippen molar-refractivity contribution in [3.63, 3.8) is 0 Å². The number of aromatic nitrogens is 4. The first kappa shape index (κ1) is 20.9. The number of benzene rings is 1. The molecule has 0 fully saturated rings. The van der Waals surface area contributed by atoms with Gasteiger partial charge >= 0.3 is 6.18 Å². The minimum absolute atomic E-state index is 0.113. The summed E-state index contributed by atoms with van der Waals surface area (Å²) in [7, 11) is 1.55. The highest BCUT2D eigenvalue weighted by molar-refractivity contribution is 6.32. The van der Waals surface area contributed by atoms with Crippen molar-refractivity contribution in [3.05, 3.63) is 64.4 Å². The molecule has 160 valence electrons. The molecule has 0 N–H and O–H groups in total. The highest BCUT2D eigenvalue weighted by Crippen LogP contribution is 2.36. The number of rotatable bonds is 3. The lowest BCUT2D eigenvalue weighted by Crippen LogP contribution is -2.26. The zero-order valence-corrected chi connectivity index (χ0v) is 17.3. The quantitative estimate of drug-likeness (QED) is 0.441. The number of hydrogen-bond donors (Lipinski definition) is 0. The van der Waals surface area contributed by atoms with E-state index in [9.17, 15) is 18.0 Å². The van der Waals surface area contributed by atoms with Crippen molar-refractivity contribution in [3.8, 4) is 5.69 Å². The van der Waals surface area contributed by atoms with Gasteiger partial charge in [-0.1, -0.05) is 17.7 Å². The van der Waals surface area contributed by atoms with E-state index in [0.717, 1.165) is 4.68 Å². The number of nitrogens with zero attached hydrogens (tertiary/aromatic N) is 5. The molecule has 7 nitrogen and oxygen atoms in total. The Morgan fingerprint density at radius 2 is 1.97 bits per heavy atom. The largest absolute Gasteiger partial charge is 0.439 e. The van der Waals surface area contributed by atoms with Gasteiger partial charge in [0.1, 0.15) is 0 Å². The summed E-state index contributed by atoms with van der Waals surface area (Å²) >= 11 is 5.83. The van der Waals surface area contributed by atoms with Crippen molar-refractivity contribution in [2.24, 2.45) is 0 Å². The molecule has 4 aromatic rings. The smallest absolute Gasteiger partial charge is 0.436 e. The summed E-state index contributed by atoms with van der Waals surface area (Å²) in [6, 6.07) is 7.73. The molecule has 0 unspecified atom stereocenters. The average molecular weight is 450 g/mol. The maximum atomic E-state index is 13.1. The van der Waals surface area contributed by atoms with Crippen molar-refractivity contribution in [2.45, 2.75) is 20.0 Å². The number of carbonyl (C=O) groups excluding carboxylic acids is 1. The van der Waals surface area contributed by atoms with Crippen molar-refractivity contribution in [2.75, 3.05) is 11.9 Å². The number of amides is 1. The second-order valence-corrected chi connectivity index (χ2v) is 7.20. The van der Waals surface area contributed by atoms with Crippen LogP contribution in [-0.2, 0) is 6.18 Å². The van der Waals surface area contributed by atoms with E-state index < -0.39 is 22.8 Å². The summed E-state index contributed by atoms with van der Waals surface area (Å²) < 4.78 is 45.9. The maximum Gasteiger partial charge on any atom is 0.436 e. The summed E-state index contributed by atoms with van der Waals surface area (Å²) in [5.74, 6) is 0.0546. The molecular weight excluding hydrogens is 435 g/mol. The van der Waals surface area contributed by atoms with Gasteiger partial charge in [0.05, 0.1) is 28.3 Å². The molecule has 4 rings (SSSR count). The molecule has 0 atom stereocenters. The Morgan fingerprint density at radius 1 is 1.23 bits per heavy atom. The molecule has 1 aromatic carbocycles. The van der Waals surface area contributed by atoms with Gasteiger partial charge in [0.15, 0.2) is 22.8 Å². The number of alkyl halides is 3. The second kappa shape index (κ2) is 7.38. The molecular formula is C20H15ClF3N5O2. The van der Waals surface area contributed by atoms with Crippen LogP contribution in [-0.4, -0.2) is 32.7 Å². The number of halogens is 4. The van der Waals surface area contributed by atoms with Crippen molar-refractivity contribution in [1.82, 2.24) is 19.7 Å². The fraction of sp³-hybridized carbons (Fsp3) is 0.200. The molecule has 0 aliphatic heterocycles. The predicted octanol–water partition coefficient (Wildman–Crippen LogP) is 4.97. The van der Waals surface area contributed by atoms with E-state index in [1.807, 2.05) is 0 Å². The van der Waals surface area contributed by atoms with Crippen LogP contribution in [0.25, 0.3) is 16.9 Å². The molecule has 31 heavy (non-hydrogen) atoms. The highest BCUT2D eigenvalue weighted by Gasteiger charge is 2.38. The number of anilines is 1. The Morgan fingerprint density at radius 3 is 2.65 bits per heavy atom. The second-order valence-electron chi connectivity index (χ2n) is 6.82. The predicted molar refractivity (Wildman–Crippen MR) is 108 cm³/mol. The van der Waals surface area contributed by atoms with Crippen molar-refractivity contribution >= 4 is 34.4 Å². The van der Waals surface area contributed by atoms with E-state index in [4.69, 9.17) is 16.0 Å². The van der Waals surface area contributed by atoms with Crippen molar-refractivity contribution in [1.29, 1.82) is 0 Å². The van der Waals surface area contributed by atoms with Gasteiger partial charge < -0.3 is 9.32 Å². The van der Waals surface area contributed by atoms with Crippen LogP contribution < -0.4 is 4.90 Å². The Labute approximate surface area is 179 Å². The first-order valence-electron chi connectivity index (χ1n) is 9.00. The monoisotopic (exact) mass is 449 g/mol. The minimum atomic E-state index is -4.69. The Kier molecular flexibility index (Phi) is 4.97. The van der Waals surface area contributed by atoms with E-state index in [-0.39, 0.29) is 16.9 Å². The van der Waals surface area contributed by atoms with Gasteiger partial charge in [0.2, 0.25) is 0 Å². The lowest BCUT2D eigenvalue weighted by atomic mass is 10.1. The molecule has 0 aliphatic rings. The summed E-state index contributed by atoms with van der Waals surface area (Å²) in [5.41, 5.74) is 0.781. The number of oxazole rings is 1. The van der Waals surface area contributed by atoms with E-state index in [0.29, 0.717) is 22.8 Å². The topological polar surface area (TPSA) is 77.1 Å². The SMILES string of the molecule is Cc1nc2ncc(N(C)C(=O)c3cccc(-n4nc(C(F)(F)F)c(Cl)c4C)c3)cc2o1. The van der Waals surface area contributed by atoms with Crippen LogP contribution in [0.4, 0.5) is 18.9 Å². The lowest BCUT2D eigenvalue weighted by molar-refractivity contribution is -0.141. The lowest BCUT2D eigenvalue weighted by Gasteiger charge is -2.17. The molecule has 0 radical (unpaired) electrons. The first-order valence-corrected chi connectivity index (χ1v) is 9.38. The van der Waals surface area contributed by atoms with Gasteiger partial charge in [0.25, 0.3) is 5.91 Å². The fourth-order valence-electron chi connectivity index (χ4n) is 3.10. The standard InChI is InChI=1S/C20H15ClF3N5O2/c1-10-16(21)17(20(22,23)24)27-29(10)13-6-4-5-12(7-13)19(30)28(3)14-8-15-18(25-9-14)26-11(2)31-15/h4-9H,1-3H3. The number of carbonyl (C=O) groups is 1. The van der Waals surface area contributed by atoms with Gasteiger partial charge in [-0.05, 0) is 25.1 Å². The molecule has 3 heterocycles. The summed E-state index contributed by atoms with van der Waals surface area (Å²) in [4.78, 5) is 22.6. The third-order valence-corrected chi connectivity index (χ3v) is 5.13. The zero-order valence-electron chi connectivity index (χ0n) is 16.5. The van der Waals surface area contributed by atoms with Crippen LogP contribution in [0.1, 0.15) is 27.6 Å². The molecule has 0 saturated heterocycles. The Bertz CT molecular complexity index is 1310. The van der Waals surface area contributed by atoms with Gasteiger partial charge in [-0.2, -0.15) is 23.3 Å².